The average Bonchev–Trinajstić information content (AvgIpc) is 2.58. The van der Waals surface area contributed by atoms with Crippen LogP contribution in [0, 0.1) is 5.92 Å². The third kappa shape index (κ3) is 1.68. The molecule has 3 fully saturated rings. The van der Waals surface area contributed by atoms with Crippen molar-refractivity contribution < 1.29 is 4.39 Å². The Labute approximate surface area is 94.1 Å². The SMILES string of the molecule is FC1CCC2NC3C(Cl)NCNC3C2C1. The van der Waals surface area contributed by atoms with Crippen LogP contribution in [-0.4, -0.2) is 36.5 Å². The van der Waals surface area contributed by atoms with E-state index in [1.54, 1.807) is 0 Å². The van der Waals surface area contributed by atoms with E-state index in [0.29, 0.717) is 30.8 Å². The Bertz CT molecular complexity index is 253. The van der Waals surface area contributed by atoms with Crippen LogP contribution in [0.4, 0.5) is 4.39 Å². The minimum Gasteiger partial charge on any atom is -0.307 e. The number of nitrogens with one attached hydrogen (secondary N) is 3. The standard InChI is InChI=1S/C10H17ClFN3/c11-10-9-8(13-4-14-10)6-3-5(12)1-2-7(6)15-9/h5-10,13-15H,1-4H2. The molecule has 0 bridgehead atoms. The van der Waals surface area contributed by atoms with Gasteiger partial charge < -0.3 is 5.32 Å². The first-order valence-electron chi connectivity index (χ1n) is 5.76. The van der Waals surface area contributed by atoms with Gasteiger partial charge in [-0.25, -0.2) is 4.39 Å². The summed E-state index contributed by atoms with van der Waals surface area (Å²) in [7, 11) is 0. The molecule has 0 spiro atoms. The van der Waals surface area contributed by atoms with Crippen molar-refractivity contribution in [2.75, 3.05) is 6.67 Å². The smallest absolute Gasteiger partial charge is 0.101 e. The molecule has 3 aliphatic rings. The molecule has 6 atom stereocenters. The maximum absolute atomic E-state index is 13.4. The first kappa shape index (κ1) is 10.3. The van der Waals surface area contributed by atoms with Crippen LogP contribution in [0.2, 0.25) is 0 Å². The fraction of sp³-hybridized carbons (Fsp3) is 1.00. The lowest BCUT2D eigenvalue weighted by Gasteiger charge is -2.35. The molecule has 0 aromatic heterocycles. The molecule has 6 unspecified atom stereocenters. The van der Waals surface area contributed by atoms with Gasteiger partial charge >= 0.3 is 0 Å². The van der Waals surface area contributed by atoms with Crippen LogP contribution in [-0.2, 0) is 0 Å². The fourth-order valence-corrected chi connectivity index (χ4v) is 3.63. The summed E-state index contributed by atoms with van der Waals surface area (Å²) in [4.78, 5) is 0. The topological polar surface area (TPSA) is 36.1 Å². The van der Waals surface area contributed by atoms with Crippen LogP contribution in [0.3, 0.4) is 0 Å². The van der Waals surface area contributed by atoms with E-state index in [1.807, 2.05) is 0 Å². The normalized spacial score (nSPS) is 54.8. The van der Waals surface area contributed by atoms with Gasteiger partial charge in [0.1, 0.15) is 11.7 Å². The van der Waals surface area contributed by atoms with Gasteiger partial charge in [-0.1, -0.05) is 0 Å². The summed E-state index contributed by atoms with van der Waals surface area (Å²) in [5.41, 5.74) is -0.0279. The summed E-state index contributed by atoms with van der Waals surface area (Å²) < 4.78 is 13.4. The molecule has 2 heterocycles. The highest BCUT2D eigenvalue weighted by molar-refractivity contribution is 6.21. The van der Waals surface area contributed by atoms with Crippen molar-refractivity contribution in [3.05, 3.63) is 0 Å². The second-order valence-electron chi connectivity index (χ2n) is 4.89. The van der Waals surface area contributed by atoms with E-state index in [-0.39, 0.29) is 11.5 Å². The number of hydrogen-bond acceptors (Lipinski definition) is 3. The van der Waals surface area contributed by atoms with Gasteiger partial charge in [0, 0.05) is 18.8 Å². The monoisotopic (exact) mass is 233 g/mol. The minimum atomic E-state index is -0.614. The molecule has 15 heavy (non-hydrogen) atoms. The minimum absolute atomic E-state index is 0.0279. The van der Waals surface area contributed by atoms with Gasteiger partial charge in [0.05, 0.1) is 6.04 Å². The lowest BCUT2D eigenvalue weighted by Crippen LogP contribution is -2.60. The molecule has 2 saturated heterocycles. The van der Waals surface area contributed by atoms with Crippen molar-refractivity contribution in [3.8, 4) is 0 Å². The third-order valence-corrected chi connectivity index (χ3v) is 4.47. The van der Waals surface area contributed by atoms with Crippen LogP contribution in [0.1, 0.15) is 19.3 Å². The molecule has 86 valence electrons. The molecule has 0 aromatic carbocycles. The van der Waals surface area contributed by atoms with Crippen LogP contribution in [0.15, 0.2) is 0 Å². The zero-order chi connectivity index (χ0) is 10.4. The second-order valence-corrected chi connectivity index (χ2v) is 5.36. The van der Waals surface area contributed by atoms with E-state index in [4.69, 9.17) is 11.6 Å². The van der Waals surface area contributed by atoms with Crippen molar-refractivity contribution >= 4 is 11.6 Å². The van der Waals surface area contributed by atoms with Crippen molar-refractivity contribution in [3.63, 3.8) is 0 Å². The van der Waals surface area contributed by atoms with Gasteiger partial charge in [-0.3, -0.25) is 10.6 Å². The second kappa shape index (κ2) is 3.84. The first-order valence-corrected chi connectivity index (χ1v) is 6.20. The van der Waals surface area contributed by atoms with Crippen molar-refractivity contribution in [1.82, 2.24) is 16.0 Å². The summed E-state index contributed by atoms with van der Waals surface area (Å²) in [6, 6.07) is 1.05. The van der Waals surface area contributed by atoms with Crippen molar-refractivity contribution in [2.24, 2.45) is 5.92 Å². The molecule has 2 aliphatic heterocycles. The Hall–Kier alpha value is 0.1000. The van der Waals surface area contributed by atoms with Gasteiger partial charge in [0.15, 0.2) is 0 Å². The highest BCUT2D eigenvalue weighted by Gasteiger charge is 2.49. The average molecular weight is 234 g/mol. The number of alkyl halides is 2. The Morgan fingerprint density at radius 3 is 2.87 bits per heavy atom. The lowest BCUT2D eigenvalue weighted by atomic mass is 9.81. The van der Waals surface area contributed by atoms with E-state index in [0.717, 1.165) is 13.1 Å². The Kier molecular flexibility index (Phi) is 2.63. The van der Waals surface area contributed by atoms with Crippen molar-refractivity contribution in [2.45, 2.75) is 49.1 Å². The fourth-order valence-electron chi connectivity index (χ4n) is 3.32. The van der Waals surface area contributed by atoms with E-state index in [9.17, 15) is 4.39 Å². The van der Waals surface area contributed by atoms with E-state index < -0.39 is 6.17 Å². The van der Waals surface area contributed by atoms with Crippen molar-refractivity contribution in [1.29, 1.82) is 0 Å². The van der Waals surface area contributed by atoms with E-state index in [1.165, 1.54) is 0 Å². The maximum atomic E-state index is 13.4. The summed E-state index contributed by atoms with van der Waals surface area (Å²) in [6.07, 6.45) is 1.73. The first-order chi connectivity index (χ1) is 7.25. The lowest BCUT2D eigenvalue weighted by molar-refractivity contribution is 0.165. The quantitative estimate of drug-likeness (QED) is 0.423. The number of rotatable bonds is 0. The molecule has 1 saturated carbocycles. The molecule has 5 heteroatoms. The van der Waals surface area contributed by atoms with Gasteiger partial charge in [-0.2, -0.15) is 0 Å². The summed E-state index contributed by atoms with van der Waals surface area (Å²) in [5.74, 6) is 0.419. The molecule has 3 rings (SSSR count). The van der Waals surface area contributed by atoms with Gasteiger partial charge in [0.2, 0.25) is 0 Å². The maximum Gasteiger partial charge on any atom is 0.101 e. The molecular formula is C10H17ClFN3. The van der Waals surface area contributed by atoms with Crippen LogP contribution < -0.4 is 16.0 Å². The largest absolute Gasteiger partial charge is 0.307 e. The molecule has 1 aliphatic carbocycles. The van der Waals surface area contributed by atoms with E-state index in [2.05, 4.69) is 16.0 Å². The molecule has 0 radical (unpaired) electrons. The molecule has 0 amide bonds. The Balaban J connectivity index is 1.77. The number of hydrogen-bond donors (Lipinski definition) is 3. The molecule has 0 aromatic rings. The number of halogens is 2. The predicted octanol–water partition coefficient (Wildman–Crippen LogP) is 0.549. The summed E-state index contributed by atoms with van der Waals surface area (Å²) >= 11 is 6.21. The van der Waals surface area contributed by atoms with Crippen LogP contribution in [0.25, 0.3) is 0 Å². The summed E-state index contributed by atoms with van der Waals surface area (Å²) in [5, 5.41) is 10.1. The van der Waals surface area contributed by atoms with Gasteiger partial charge in [0.25, 0.3) is 0 Å². The van der Waals surface area contributed by atoms with E-state index >= 15 is 0 Å². The predicted molar refractivity (Wildman–Crippen MR) is 57.5 cm³/mol. The van der Waals surface area contributed by atoms with Crippen LogP contribution in [0.5, 0.6) is 0 Å². The number of fused-ring (bicyclic) bond motifs is 3. The third-order valence-electron chi connectivity index (χ3n) is 4.04. The van der Waals surface area contributed by atoms with Crippen LogP contribution >= 0.6 is 11.6 Å². The molecular weight excluding hydrogens is 217 g/mol. The Morgan fingerprint density at radius 2 is 2.00 bits per heavy atom. The zero-order valence-electron chi connectivity index (χ0n) is 8.55. The summed E-state index contributed by atoms with van der Waals surface area (Å²) in [6.45, 7) is 0.733. The molecule has 3 N–H and O–H groups in total. The Morgan fingerprint density at radius 1 is 1.13 bits per heavy atom. The highest BCUT2D eigenvalue weighted by atomic mass is 35.5. The zero-order valence-corrected chi connectivity index (χ0v) is 9.30. The molecule has 3 nitrogen and oxygen atoms in total. The van der Waals surface area contributed by atoms with Gasteiger partial charge in [-0.15, -0.1) is 11.6 Å². The highest BCUT2D eigenvalue weighted by Crippen LogP contribution is 2.37. The van der Waals surface area contributed by atoms with Gasteiger partial charge in [-0.05, 0) is 25.2 Å².